The van der Waals surface area contributed by atoms with E-state index in [2.05, 4.69) is 5.32 Å². The van der Waals surface area contributed by atoms with Crippen LogP contribution in [0.4, 0.5) is 0 Å². The van der Waals surface area contributed by atoms with Gasteiger partial charge in [-0.05, 0) is 38.0 Å². The zero-order valence-electron chi connectivity index (χ0n) is 11.7. The summed E-state index contributed by atoms with van der Waals surface area (Å²) in [6.07, 6.45) is 0.886. The van der Waals surface area contributed by atoms with Crippen molar-refractivity contribution in [3.63, 3.8) is 0 Å². The highest BCUT2D eigenvalue weighted by atomic mass is 16.5. The molecule has 18 heavy (non-hydrogen) atoms. The summed E-state index contributed by atoms with van der Waals surface area (Å²) in [4.78, 5) is 12.1. The summed E-state index contributed by atoms with van der Waals surface area (Å²) in [6, 6.07) is 3.66. The van der Waals surface area contributed by atoms with Gasteiger partial charge in [0.15, 0.2) is 0 Å². The molecule has 0 aromatic heterocycles. The first-order valence-corrected chi connectivity index (χ1v) is 6.06. The molecule has 1 atom stereocenters. The molecule has 0 radical (unpaired) electrons. The van der Waals surface area contributed by atoms with Crippen LogP contribution in [-0.2, 0) is 0 Å². The largest absolute Gasteiger partial charge is 0.496 e. The van der Waals surface area contributed by atoms with Crippen LogP contribution >= 0.6 is 0 Å². The normalized spacial score (nSPS) is 11.8. The quantitative estimate of drug-likeness (QED) is 0.874. The molecular formula is C14H21NO3. The van der Waals surface area contributed by atoms with Crippen LogP contribution in [0.15, 0.2) is 12.1 Å². The molecule has 1 rings (SSSR count). The van der Waals surface area contributed by atoms with Gasteiger partial charge in [-0.2, -0.15) is 0 Å². The molecule has 0 saturated carbocycles. The minimum absolute atomic E-state index is 0.134. The fourth-order valence-electron chi connectivity index (χ4n) is 1.63. The van der Waals surface area contributed by atoms with Crippen molar-refractivity contribution in [3.05, 3.63) is 23.3 Å². The average molecular weight is 251 g/mol. The van der Waals surface area contributed by atoms with Crippen molar-refractivity contribution >= 4 is 5.91 Å². The third-order valence-electron chi connectivity index (χ3n) is 2.95. The summed E-state index contributed by atoms with van der Waals surface area (Å²) in [5.41, 5.74) is 1.44. The number of carbonyl (C=O) groups excluding carboxylic acids is 1. The molecule has 0 saturated heterocycles. The first-order valence-electron chi connectivity index (χ1n) is 6.06. The van der Waals surface area contributed by atoms with E-state index in [1.165, 1.54) is 0 Å². The van der Waals surface area contributed by atoms with Gasteiger partial charge >= 0.3 is 0 Å². The number of amides is 1. The standard InChI is InChI=1S/C14H21NO3/c1-6-10(3)15-14(16)11-8-12(17-4)9(2)7-13(11)18-5/h7-8,10H,6H2,1-5H3,(H,15,16). The van der Waals surface area contributed by atoms with Crippen LogP contribution in [0.2, 0.25) is 0 Å². The second-order valence-corrected chi connectivity index (χ2v) is 4.30. The van der Waals surface area contributed by atoms with E-state index in [1.807, 2.05) is 26.8 Å². The lowest BCUT2D eigenvalue weighted by Crippen LogP contribution is -2.32. The number of ether oxygens (including phenoxy) is 2. The van der Waals surface area contributed by atoms with Crippen LogP contribution in [-0.4, -0.2) is 26.2 Å². The summed E-state index contributed by atoms with van der Waals surface area (Å²) in [6.45, 7) is 5.91. The van der Waals surface area contributed by atoms with E-state index in [4.69, 9.17) is 9.47 Å². The molecule has 4 nitrogen and oxygen atoms in total. The molecule has 1 unspecified atom stereocenters. The highest BCUT2D eigenvalue weighted by Crippen LogP contribution is 2.28. The second-order valence-electron chi connectivity index (χ2n) is 4.30. The summed E-state index contributed by atoms with van der Waals surface area (Å²) < 4.78 is 10.5. The lowest BCUT2D eigenvalue weighted by atomic mass is 10.1. The number of aryl methyl sites for hydroxylation is 1. The number of rotatable bonds is 5. The van der Waals surface area contributed by atoms with Crippen molar-refractivity contribution in [3.8, 4) is 11.5 Å². The number of carbonyl (C=O) groups is 1. The van der Waals surface area contributed by atoms with E-state index in [0.29, 0.717) is 17.1 Å². The van der Waals surface area contributed by atoms with Gasteiger partial charge < -0.3 is 14.8 Å². The van der Waals surface area contributed by atoms with Crippen LogP contribution < -0.4 is 14.8 Å². The molecule has 1 N–H and O–H groups in total. The third-order valence-corrected chi connectivity index (χ3v) is 2.95. The molecule has 1 aromatic carbocycles. The molecule has 0 heterocycles. The maximum atomic E-state index is 12.1. The Morgan fingerprint density at radius 2 is 1.89 bits per heavy atom. The smallest absolute Gasteiger partial charge is 0.255 e. The summed E-state index contributed by atoms with van der Waals surface area (Å²) in [5.74, 6) is 1.11. The van der Waals surface area contributed by atoms with Crippen LogP contribution in [0, 0.1) is 6.92 Å². The Balaban J connectivity index is 3.09. The number of hydrogen-bond donors (Lipinski definition) is 1. The molecular weight excluding hydrogens is 230 g/mol. The fourth-order valence-corrected chi connectivity index (χ4v) is 1.63. The first kappa shape index (κ1) is 14.4. The van der Waals surface area contributed by atoms with Crippen molar-refractivity contribution in [2.75, 3.05) is 14.2 Å². The van der Waals surface area contributed by atoms with Gasteiger partial charge in [0.1, 0.15) is 11.5 Å². The van der Waals surface area contributed by atoms with Gasteiger partial charge in [-0.25, -0.2) is 0 Å². The second kappa shape index (κ2) is 6.28. The van der Waals surface area contributed by atoms with E-state index in [-0.39, 0.29) is 11.9 Å². The molecule has 0 bridgehead atoms. The number of methoxy groups -OCH3 is 2. The van der Waals surface area contributed by atoms with Gasteiger partial charge in [0.05, 0.1) is 19.8 Å². The maximum absolute atomic E-state index is 12.1. The van der Waals surface area contributed by atoms with Gasteiger partial charge in [-0.1, -0.05) is 6.92 Å². The van der Waals surface area contributed by atoms with Crippen molar-refractivity contribution in [2.45, 2.75) is 33.2 Å². The fraction of sp³-hybridized carbons (Fsp3) is 0.500. The third kappa shape index (κ3) is 3.15. The van der Waals surface area contributed by atoms with Crippen molar-refractivity contribution in [1.29, 1.82) is 0 Å². The average Bonchev–Trinajstić information content (AvgIpc) is 2.37. The Morgan fingerprint density at radius 1 is 1.28 bits per heavy atom. The number of hydrogen-bond acceptors (Lipinski definition) is 3. The molecule has 0 aliphatic carbocycles. The Labute approximate surface area is 108 Å². The zero-order chi connectivity index (χ0) is 13.7. The van der Waals surface area contributed by atoms with Crippen LogP contribution in [0.1, 0.15) is 36.2 Å². The Hall–Kier alpha value is -1.71. The Bertz CT molecular complexity index is 429. The lowest BCUT2D eigenvalue weighted by Gasteiger charge is -2.15. The van der Waals surface area contributed by atoms with Gasteiger partial charge in [0.2, 0.25) is 0 Å². The number of nitrogens with one attached hydrogen (secondary N) is 1. The predicted molar refractivity (Wildman–Crippen MR) is 71.5 cm³/mol. The van der Waals surface area contributed by atoms with Crippen molar-refractivity contribution in [2.24, 2.45) is 0 Å². The van der Waals surface area contributed by atoms with Gasteiger partial charge in [0, 0.05) is 6.04 Å². The molecule has 0 aliphatic heterocycles. The minimum Gasteiger partial charge on any atom is -0.496 e. The molecule has 0 fully saturated rings. The summed E-state index contributed by atoms with van der Waals surface area (Å²) in [5, 5.41) is 2.92. The highest BCUT2D eigenvalue weighted by Gasteiger charge is 2.16. The topological polar surface area (TPSA) is 47.6 Å². The van der Waals surface area contributed by atoms with Crippen LogP contribution in [0.5, 0.6) is 11.5 Å². The molecule has 100 valence electrons. The summed E-state index contributed by atoms with van der Waals surface area (Å²) in [7, 11) is 3.15. The van der Waals surface area contributed by atoms with Gasteiger partial charge in [0.25, 0.3) is 5.91 Å². The lowest BCUT2D eigenvalue weighted by molar-refractivity contribution is 0.0936. The molecule has 1 amide bonds. The van der Waals surface area contributed by atoms with Gasteiger partial charge in [-0.15, -0.1) is 0 Å². The van der Waals surface area contributed by atoms with E-state index < -0.39 is 0 Å². The van der Waals surface area contributed by atoms with E-state index in [1.54, 1.807) is 20.3 Å². The number of benzene rings is 1. The van der Waals surface area contributed by atoms with Crippen LogP contribution in [0.3, 0.4) is 0 Å². The summed E-state index contributed by atoms with van der Waals surface area (Å²) >= 11 is 0. The molecule has 1 aromatic rings. The molecule has 0 spiro atoms. The SMILES string of the molecule is CCC(C)NC(=O)c1cc(OC)c(C)cc1OC. The first-order chi connectivity index (χ1) is 8.53. The predicted octanol–water partition coefficient (Wildman–Crippen LogP) is 2.54. The zero-order valence-corrected chi connectivity index (χ0v) is 11.7. The van der Waals surface area contributed by atoms with E-state index in [0.717, 1.165) is 12.0 Å². The maximum Gasteiger partial charge on any atom is 0.255 e. The van der Waals surface area contributed by atoms with Crippen molar-refractivity contribution in [1.82, 2.24) is 5.32 Å². The van der Waals surface area contributed by atoms with Crippen LogP contribution in [0.25, 0.3) is 0 Å². The van der Waals surface area contributed by atoms with E-state index >= 15 is 0 Å². The monoisotopic (exact) mass is 251 g/mol. The molecule has 0 aliphatic rings. The van der Waals surface area contributed by atoms with Gasteiger partial charge in [-0.3, -0.25) is 4.79 Å². The Morgan fingerprint density at radius 3 is 2.39 bits per heavy atom. The van der Waals surface area contributed by atoms with E-state index in [9.17, 15) is 4.79 Å². The van der Waals surface area contributed by atoms with Crippen molar-refractivity contribution < 1.29 is 14.3 Å². The minimum atomic E-state index is -0.139. The molecule has 4 heteroatoms. The Kier molecular flexibility index (Phi) is 5.01. The highest BCUT2D eigenvalue weighted by molar-refractivity contribution is 5.97.